The third kappa shape index (κ3) is 2.44. The second-order valence-electron chi connectivity index (χ2n) is 5.11. The fourth-order valence-electron chi connectivity index (χ4n) is 2.65. The van der Waals surface area contributed by atoms with Crippen LogP contribution in [0.3, 0.4) is 0 Å². The first kappa shape index (κ1) is 12.4. The summed E-state index contributed by atoms with van der Waals surface area (Å²) in [4.78, 5) is 0. The van der Waals surface area contributed by atoms with Crippen LogP contribution in [-0.4, -0.2) is 5.11 Å². The van der Waals surface area contributed by atoms with Crippen LogP contribution in [0.25, 0.3) is 0 Å². The average molecular weight is 237 g/mol. The Kier molecular flexibility index (Phi) is 3.38. The average Bonchev–Trinajstić information content (AvgIpc) is 2.30. The highest BCUT2D eigenvalue weighted by atomic mass is 19.1. The van der Waals surface area contributed by atoms with E-state index in [9.17, 15) is 9.50 Å². The number of alkyl halides is 1. The molecule has 0 radical (unpaired) electrons. The van der Waals surface area contributed by atoms with Crippen LogP contribution >= 0.6 is 0 Å². The number of aromatic hydroxyl groups is 1. The lowest BCUT2D eigenvalue weighted by Gasteiger charge is -2.34. The molecule has 0 aliphatic heterocycles. The summed E-state index contributed by atoms with van der Waals surface area (Å²) in [6, 6.07) is 5.11. The fraction of sp³-hybridized carbons (Fsp3) is 0.571. The summed E-state index contributed by atoms with van der Waals surface area (Å²) in [6.45, 7) is 1.43. The van der Waals surface area contributed by atoms with Gasteiger partial charge in [0.25, 0.3) is 0 Å². The topological polar surface area (TPSA) is 46.2 Å². The van der Waals surface area contributed by atoms with Crippen molar-refractivity contribution in [1.82, 2.24) is 0 Å². The predicted molar refractivity (Wildman–Crippen MR) is 66.6 cm³/mol. The van der Waals surface area contributed by atoms with E-state index in [1.807, 2.05) is 6.07 Å². The monoisotopic (exact) mass is 237 g/mol. The highest BCUT2D eigenvalue weighted by Gasteiger charge is 2.30. The second-order valence-corrected chi connectivity index (χ2v) is 5.11. The maximum atomic E-state index is 13.4. The van der Waals surface area contributed by atoms with Gasteiger partial charge in [0.2, 0.25) is 0 Å². The number of phenols is 1. The summed E-state index contributed by atoms with van der Waals surface area (Å²) in [6.07, 6.45) is 4.19. The molecule has 3 heteroatoms. The summed E-state index contributed by atoms with van der Waals surface area (Å²) >= 11 is 0. The van der Waals surface area contributed by atoms with Gasteiger partial charge in [0.15, 0.2) is 0 Å². The Morgan fingerprint density at radius 1 is 1.29 bits per heavy atom. The molecule has 1 aromatic carbocycles. The van der Waals surface area contributed by atoms with Crippen LogP contribution < -0.4 is 5.73 Å². The lowest BCUT2D eigenvalue weighted by atomic mass is 9.77. The third-order valence-electron chi connectivity index (χ3n) is 3.78. The first-order valence-electron chi connectivity index (χ1n) is 6.29. The van der Waals surface area contributed by atoms with Crippen molar-refractivity contribution in [1.29, 1.82) is 0 Å². The Balaban J connectivity index is 2.35. The zero-order chi connectivity index (χ0) is 12.5. The smallest absolute Gasteiger partial charge is 0.126 e. The lowest BCUT2D eigenvalue weighted by Crippen LogP contribution is -2.38. The number of benzene rings is 1. The number of hydrogen-bond donors (Lipinski definition) is 2. The first-order chi connectivity index (χ1) is 8.03. The van der Waals surface area contributed by atoms with E-state index in [4.69, 9.17) is 5.73 Å². The van der Waals surface area contributed by atoms with Gasteiger partial charge in [-0.3, -0.25) is 0 Å². The van der Waals surface area contributed by atoms with Crippen molar-refractivity contribution in [3.05, 3.63) is 29.3 Å². The SMILES string of the molecule is CC(F)c1cc(C2(N)CCCCC2)ccc1O. The Bertz CT molecular complexity index is 397. The molecular formula is C14H20FNO. The predicted octanol–water partition coefficient (Wildman–Crippen LogP) is 3.54. The highest BCUT2D eigenvalue weighted by Crippen LogP contribution is 2.37. The van der Waals surface area contributed by atoms with Gasteiger partial charge < -0.3 is 10.8 Å². The molecule has 2 nitrogen and oxygen atoms in total. The molecule has 0 aromatic heterocycles. The van der Waals surface area contributed by atoms with Gasteiger partial charge in [-0.05, 0) is 37.5 Å². The largest absolute Gasteiger partial charge is 0.508 e. The molecule has 94 valence electrons. The number of phenolic OH excluding ortho intramolecular Hbond substituents is 1. The minimum atomic E-state index is -1.16. The molecule has 0 heterocycles. The van der Waals surface area contributed by atoms with Crippen LogP contribution in [-0.2, 0) is 5.54 Å². The van der Waals surface area contributed by atoms with Gasteiger partial charge in [-0.2, -0.15) is 0 Å². The van der Waals surface area contributed by atoms with E-state index in [0.29, 0.717) is 5.56 Å². The van der Waals surface area contributed by atoms with E-state index in [1.165, 1.54) is 13.3 Å². The van der Waals surface area contributed by atoms with E-state index < -0.39 is 6.17 Å². The number of rotatable bonds is 2. The Morgan fingerprint density at radius 2 is 1.94 bits per heavy atom. The second kappa shape index (κ2) is 4.65. The normalized spacial score (nSPS) is 21.1. The van der Waals surface area contributed by atoms with Gasteiger partial charge in [0.1, 0.15) is 11.9 Å². The van der Waals surface area contributed by atoms with Gasteiger partial charge >= 0.3 is 0 Å². The van der Waals surface area contributed by atoms with E-state index in [-0.39, 0.29) is 11.3 Å². The summed E-state index contributed by atoms with van der Waals surface area (Å²) in [5.41, 5.74) is 7.36. The summed E-state index contributed by atoms with van der Waals surface area (Å²) in [5, 5.41) is 9.61. The van der Waals surface area contributed by atoms with Crippen molar-refractivity contribution in [3.8, 4) is 5.75 Å². The van der Waals surface area contributed by atoms with Crippen molar-refractivity contribution in [2.24, 2.45) is 5.73 Å². The van der Waals surface area contributed by atoms with E-state index in [2.05, 4.69) is 0 Å². The van der Waals surface area contributed by atoms with Crippen LogP contribution in [0.1, 0.15) is 56.3 Å². The molecule has 1 unspecified atom stereocenters. The molecule has 3 N–H and O–H groups in total. The van der Waals surface area contributed by atoms with Gasteiger partial charge in [0, 0.05) is 11.1 Å². The van der Waals surface area contributed by atoms with Gasteiger partial charge in [-0.25, -0.2) is 4.39 Å². The lowest BCUT2D eigenvalue weighted by molar-refractivity contribution is 0.300. The molecule has 1 fully saturated rings. The van der Waals surface area contributed by atoms with E-state index in [0.717, 1.165) is 31.2 Å². The molecule has 0 saturated heterocycles. The molecule has 2 rings (SSSR count). The van der Waals surface area contributed by atoms with Crippen molar-refractivity contribution in [2.75, 3.05) is 0 Å². The van der Waals surface area contributed by atoms with Crippen molar-refractivity contribution < 1.29 is 9.50 Å². The molecule has 0 bridgehead atoms. The minimum absolute atomic E-state index is 0.0168. The molecule has 17 heavy (non-hydrogen) atoms. The number of halogens is 1. The summed E-state index contributed by atoms with van der Waals surface area (Å²) in [7, 11) is 0. The van der Waals surface area contributed by atoms with E-state index in [1.54, 1.807) is 12.1 Å². The fourth-order valence-corrected chi connectivity index (χ4v) is 2.65. The van der Waals surface area contributed by atoms with Gasteiger partial charge in [0.05, 0.1) is 0 Å². The van der Waals surface area contributed by atoms with Crippen LogP contribution in [0.5, 0.6) is 5.75 Å². The van der Waals surface area contributed by atoms with Crippen LogP contribution in [0.2, 0.25) is 0 Å². The minimum Gasteiger partial charge on any atom is -0.508 e. The molecule has 0 amide bonds. The quantitative estimate of drug-likeness (QED) is 0.826. The maximum Gasteiger partial charge on any atom is 0.126 e. The number of nitrogens with two attached hydrogens (primary N) is 1. The third-order valence-corrected chi connectivity index (χ3v) is 3.78. The zero-order valence-electron chi connectivity index (χ0n) is 10.2. The molecule has 1 aliphatic carbocycles. The molecule has 1 saturated carbocycles. The van der Waals surface area contributed by atoms with Crippen molar-refractivity contribution >= 4 is 0 Å². The van der Waals surface area contributed by atoms with Crippen molar-refractivity contribution in [3.63, 3.8) is 0 Å². The zero-order valence-corrected chi connectivity index (χ0v) is 10.2. The molecular weight excluding hydrogens is 217 g/mol. The summed E-state index contributed by atoms with van der Waals surface area (Å²) < 4.78 is 13.4. The van der Waals surface area contributed by atoms with Crippen molar-refractivity contribution in [2.45, 2.75) is 50.7 Å². The molecule has 1 aliphatic rings. The van der Waals surface area contributed by atoms with E-state index >= 15 is 0 Å². The molecule has 0 spiro atoms. The molecule has 1 aromatic rings. The van der Waals surface area contributed by atoms with Crippen LogP contribution in [0.15, 0.2) is 18.2 Å². The van der Waals surface area contributed by atoms with Gasteiger partial charge in [-0.15, -0.1) is 0 Å². The summed E-state index contributed by atoms with van der Waals surface area (Å²) in [5.74, 6) is 0.0168. The highest BCUT2D eigenvalue weighted by molar-refractivity contribution is 5.40. The van der Waals surface area contributed by atoms with Crippen LogP contribution in [0.4, 0.5) is 4.39 Å². The molecule has 1 atom stereocenters. The Hall–Kier alpha value is -1.09. The van der Waals surface area contributed by atoms with Crippen LogP contribution in [0, 0.1) is 0 Å². The maximum absolute atomic E-state index is 13.4. The first-order valence-corrected chi connectivity index (χ1v) is 6.29. The Morgan fingerprint density at radius 3 is 2.53 bits per heavy atom. The van der Waals surface area contributed by atoms with Gasteiger partial charge in [-0.1, -0.05) is 25.3 Å². The standard InChI is InChI=1S/C14H20FNO/c1-10(15)12-9-11(5-6-13(12)17)14(16)7-3-2-4-8-14/h5-6,9-10,17H,2-4,7-8,16H2,1H3. The Labute approximate surface area is 102 Å². The number of hydrogen-bond acceptors (Lipinski definition) is 2.